The van der Waals surface area contributed by atoms with Crippen LogP contribution in [0.15, 0.2) is 73.1 Å². The van der Waals surface area contributed by atoms with E-state index in [1.54, 1.807) is 11.1 Å². The van der Waals surface area contributed by atoms with Gasteiger partial charge in [0.15, 0.2) is 0 Å². The van der Waals surface area contributed by atoms with Crippen LogP contribution in [0.4, 0.5) is 9.59 Å². The SMILES string of the molecule is C#C.C#C.CCC.CCC.CCCN(Cc1ncc(-c2ccc3cc(-c4ccc(-c5cnc([C@@H]6[C@H]7CCC(C7)N6C(=O)CNC(=O)OC)[nH]5)cc4)ccc3c2)[nH]1)C(=O)CNC(=O)OC. The van der Waals surface area contributed by atoms with Crippen LogP contribution in [0.25, 0.3) is 44.4 Å². The van der Waals surface area contributed by atoms with Gasteiger partial charge < -0.3 is 39.9 Å². The van der Waals surface area contributed by atoms with Crippen molar-refractivity contribution in [3.8, 4) is 59.3 Å². The number of nitrogens with zero attached hydrogens (tertiary/aromatic N) is 4. The summed E-state index contributed by atoms with van der Waals surface area (Å²) in [5.74, 6) is 1.42. The van der Waals surface area contributed by atoms with Gasteiger partial charge >= 0.3 is 12.2 Å². The number of hydrogen-bond donors (Lipinski definition) is 4. The summed E-state index contributed by atoms with van der Waals surface area (Å²) in [5.41, 5.74) is 5.88. The number of aromatic nitrogens is 4. The minimum Gasteiger partial charge on any atom is -0.453 e. The number of alkyl carbamates (subject to hydrolysis) is 2. The number of H-pyrrole nitrogens is 2. The smallest absolute Gasteiger partial charge is 0.407 e. The summed E-state index contributed by atoms with van der Waals surface area (Å²) in [5, 5.41) is 7.15. The average Bonchev–Trinajstić information content (AvgIpc) is 4.17. The lowest BCUT2D eigenvalue weighted by Crippen LogP contribution is -2.45. The Labute approximate surface area is 378 Å². The van der Waals surface area contributed by atoms with E-state index in [1.165, 1.54) is 27.1 Å². The first-order valence-corrected chi connectivity index (χ1v) is 21.7. The Morgan fingerprint density at radius 3 is 1.86 bits per heavy atom. The minimum absolute atomic E-state index is 0.105. The van der Waals surface area contributed by atoms with E-state index in [0.717, 1.165) is 75.9 Å². The third-order valence-corrected chi connectivity index (χ3v) is 10.4. The molecule has 1 saturated carbocycles. The number of nitrogens with one attached hydrogen (secondary N) is 4. The van der Waals surface area contributed by atoms with Gasteiger partial charge in [-0.2, -0.15) is 0 Å². The summed E-state index contributed by atoms with van der Waals surface area (Å²) < 4.78 is 9.20. The number of ether oxygens (including phenoxy) is 2. The third-order valence-electron chi connectivity index (χ3n) is 10.4. The van der Waals surface area contributed by atoms with Crippen LogP contribution in [0.2, 0.25) is 0 Å². The highest BCUT2D eigenvalue weighted by molar-refractivity contribution is 5.91. The molecule has 4 amide bonds. The number of rotatable bonds is 12. The molecule has 2 fully saturated rings. The normalized spacial score (nSPS) is 15.3. The van der Waals surface area contributed by atoms with Crippen molar-refractivity contribution >= 4 is 34.8 Å². The largest absolute Gasteiger partial charge is 0.453 e. The Hall–Kier alpha value is -7.06. The molecule has 1 saturated heterocycles. The molecule has 64 heavy (non-hydrogen) atoms. The van der Waals surface area contributed by atoms with Crippen LogP contribution in [0.5, 0.6) is 0 Å². The van der Waals surface area contributed by atoms with Crippen molar-refractivity contribution in [2.24, 2.45) is 5.92 Å². The number of benzene rings is 3. The van der Waals surface area contributed by atoms with Crippen molar-refractivity contribution in [3.05, 3.63) is 84.7 Å². The molecule has 4 N–H and O–H groups in total. The summed E-state index contributed by atoms with van der Waals surface area (Å²) in [4.78, 5) is 68.5. The van der Waals surface area contributed by atoms with Crippen LogP contribution in [0, 0.1) is 31.6 Å². The van der Waals surface area contributed by atoms with Crippen molar-refractivity contribution in [1.82, 2.24) is 40.4 Å². The predicted octanol–water partition coefficient (Wildman–Crippen LogP) is 9.12. The van der Waals surface area contributed by atoms with E-state index in [4.69, 9.17) is 4.98 Å². The van der Waals surface area contributed by atoms with Crippen LogP contribution in [0.3, 0.4) is 0 Å². The number of imidazole rings is 2. The van der Waals surface area contributed by atoms with Crippen molar-refractivity contribution in [3.63, 3.8) is 0 Å². The maximum absolute atomic E-state index is 13.1. The lowest BCUT2D eigenvalue weighted by molar-refractivity contribution is -0.135. The zero-order valence-corrected chi connectivity index (χ0v) is 38.3. The quantitative estimate of drug-likeness (QED) is 0.0898. The number of fused-ring (bicyclic) bond motifs is 3. The minimum atomic E-state index is -0.648. The number of carbonyl (C=O) groups is 4. The van der Waals surface area contributed by atoms with Crippen LogP contribution >= 0.6 is 0 Å². The van der Waals surface area contributed by atoms with Gasteiger partial charge in [-0.3, -0.25) is 9.59 Å². The van der Waals surface area contributed by atoms with E-state index < -0.39 is 12.2 Å². The fourth-order valence-corrected chi connectivity index (χ4v) is 7.74. The molecule has 1 aliphatic carbocycles. The molecule has 2 aromatic heterocycles. The predicted molar refractivity (Wildman–Crippen MR) is 253 cm³/mol. The van der Waals surface area contributed by atoms with Gasteiger partial charge in [-0.15, -0.1) is 25.7 Å². The summed E-state index contributed by atoms with van der Waals surface area (Å²) >= 11 is 0. The monoisotopic (exact) mass is 872 g/mol. The lowest BCUT2D eigenvalue weighted by Gasteiger charge is -2.34. The summed E-state index contributed by atoms with van der Waals surface area (Å²) in [6.45, 7) is 11.1. The number of piperidine rings is 1. The Balaban J connectivity index is 0.00000101. The molecule has 5 aromatic rings. The number of aromatic amines is 2. The van der Waals surface area contributed by atoms with Gasteiger partial charge in [-0.05, 0) is 71.2 Å². The molecule has 0 spiro atoms. The fourth-order valence-electron chi connectivity index (χ4n) is 7.74. The van der Waals surface area contributed by atoms with Crippen LogP contribution in [-0.4, -0.2) is 93.6 Å². The molecule has 2 aliphatic rings. The zero-order valence-electron chi connectivity index (χ0n) is 38.3. The maximum atomic E-state index is 13.1. The standard InChI is InChI=1S/C40H44N8O6.2C3H8.2C2H2/c1-4-15-47(35(49)21-43-39(51)53-2)23-34-41-19-33(45-34)29-12-11-27-16-26(9-10-28(27)17-29)24-5-7-25(8-6-24)32-20-42-38(46-32)37-30-13-14-31(18-30)48(37)36(50)22-44-40(52)54-3;2*1-3-2;2*1-2/h5-12,16-17,19-20,30-31,37H,4,13-15,18,21-23H2,1-3H3,(H,41,45)(H,42,46)(H,43,51)(H,44,52);2*3H2,1-2H3;2*1-2H/t30-,31?,37-;;;;/m0..../s1. The highest BCUT2D eigenvalue weighted by atomic mass is 16.5. The summed E-state index contributed by atoms with van der Waals surface area (Å²) in [6.07, 6.45) is 24.6. The van der Waals surface area contributed by atoms with Gasteiger partial charge in [0.1, 0.15) is 24.7 Å². The second kappa shape index (κ2) is 26.4. The number of carbonyl (C=O) groups excluding carboxylic acids is 4. The molecule has 2 bridgehead atoms. The number of methoxy groups -OCH3 is 2. The molecule has 1 unspecified atom stereocenters. The molecule has 1 aliphatic heterocycles. The van der Waals surface area contributed by atoms with Crippen molar-refractivity contribution < 1.29 is 28.7 Å². The summed E-state index contributed by atoms with van der Waals surface area (Å²) in [6, 6.07) is 21.0. The van der Waals surface area contributed by atoms with Crippen molar-refractivity contribution in [2.75, 3.05) is 33.9 Å². The second-order valence-electron chi connectivity index (χ2n) is 15.2. The molecular formula is C50H64N8O6. The van der Waals surface area contributed by atoms with Gasteiger partial charge in [0, 0.05) is 18.2 Å². The topological polar surface area (TPSA) is 175 Å². The van der Waals surface area contributed by atoms with E-state index in [-0.39, 0.29) is 37.0 Å². The Morgan fingerprint density at radius 1 is 0.719 bits per heavy atom. The van der Waals surface area contributed by atoms with E-state index in [0.29, 0.717) is 24.8 Å². The molecule has 14 nitrogen and oxygen atoms in total. The third kappa shape index (κ3) is 13.5. The van der Waals surface area contributed by atoms with Gasteiger partial charge in [-0.1, -0.05) is 96.0 Å². The van der Waals surface area contributed by atoms with Gasteiger partial charge in [0.2, 0.25) is 11.8 Å². The maximum Gasteiger partial charge on any atom is 0.407 e. The van der Waals surface area contributed by atoms with E-state index in [1.807, 2.05) is 18.0 Å². The molecule has 7 rings (SSSR count). The average molecular weight is 873 g/mol. The molecule has 3 atom stereocenters. The Bertz CT molecular complexity index is 2290. The Kier molecular flexibility index (Phi) is 21.2. The Morgan fingerprint density at radius 2 is 1.25 bits per heavy atom. The molecule has 0 radical (unpaired) electrons. The first-order valence-electron chi connectivity index (χ1n) is 21.7. The number of terminal acetylenes is 2. The fraction of sp³-hybridized carbons (Fsp3) is 0.400. The van der Waals surface area contributed by atoms with E-state index in [2.05, 4.69) is 149 Å². The molecule has 340 valence electrons. The molecule has 3 aromatic carbocycles. The zero-order chi connectivity index (χ0) is 47.2. The van der Waals surface area contributed by atoms with E-state index in [9.17, 15) is 19.2 Å². The van der Waals surface area contributed by atoms with Gasteiger partial charge in [0.25, 0.3) is 0 Å². The number of amides is 4. The molecule has 14 heteroatoms. The van der Waals surface area contributed by atoms with Crippen molar-refractivity contribution in [1.29, 1.82) is 0 Å². The lowest BCUT2D eigenvalue weighted by atomic mass is 9.97. The first-order chi connectivity index (χ1) is 31.1. The summed E-state index contributed by atoms with van der Waals surface area (Å²) in [7, 11) is 2.54. The number of likely N-dealkylation sites (tertiary alicyclic amines) is 1. The van der Waals surface area contributed by atoms with E-state index >= 15 is 0 Å². The highest BCUT2D eigenvalue weighted by Gasteiger charge is 2.49. The molecule has 3 heterocycles. The molecular weight excluding hydrogens is 809 g/mol. The van der Waals surface area contributed by atoms with Crippen molar-refractivity contribution in [2.45, 2.75) is 91.8 Å². The first kappa shape index (κ1) is 51.3. The second-order valence-corrected chi connectivity index (χ2v) is 15.2. The van der Waals surface area contributed by atoms with Gasteiger partial charge in [0.05, 0.1) is 50.6 Å². The number of hydrogen-bond acceptors (Lipinski definition) is 8. The van der Waals surface area contributed by atoms with Gasteiger partial charge in [-0.25, -0.2) is 19.6 Å². The highest BCUT2D eigenvalue weighted by Crippen LogP contribution is 2.49. The van der Waals surface area contributed by atoms with Crippen LogP contribution < -0.4 is 10.6 Å². The van der Waals surface area contributed by atoms with Crippen LogP contribution in [-0.2, 0) is 25.6 Å². The van der Waals surface area contributed by atoms with Crippen LogP contribution in [0.1, 0.15) is 90.8 Å².